The SMILES string of the molecule is NC1CNCCN1Cc1ccccc1. The van der Waals surface area contributed by atoms with Crippen LogP contribution in [0.5, 0.6) is 0 Å². The molecule has 1 heterocycles. The Hall–Kier alpha value is -0.900. The highest BCUT2D eigenvalue weighted by Gasteiger charge is 2.17. The van der Waals surface area contributed by atoms with E-state index in [1.165, 1.54) is 5.56 Å². The van der Waals surface area contributed by atoms with E-state index in [0.717, 1.165) is 26.2 Å². The van der Waals surface area contributed by atoms with Crippen molar-refractivity contribution in [3.63, 3.8) is 0 Å². The zero-order valence-corrected chi connectivity index (χ0v) is 8.32. The largest absolute Gasteiger partial charge is 0.315 e. The maximum absolute atomic E-state index is 5.99. The molecule has 1 aliphatic rings. The highest BCUT2D eigenvalue weighted by atomic mass is 15.3. The summed E-state index contributed by atoms with van der Waals surface area (Å²) in [6.45, 7) is 3.94. The summed E-state index contributed by atoms with van der Waals surface area (Å²) in [4.78, 5) is 2.31. The lowest BCUT2D eigenvalue weighted by atomic mass is 10.2. The summed E-state index contributed by atoms with van der Waals surface area (Å²) >= 11 is 0. The van der Waals surface area contributed by atoms with Crippen molar-refractivity contribution in [2.24, 2.45) is 5.73 Å². The molecule has 0 bridgehead atoms. The van der Waals surface area contributed by atoms with Gasteiger partial charge in [0.1, 0.15) is 0 Å². The zero-order valence-electron chi connectivity index (χ0n) is 8.32. The van der Waals surface area contributed by atoms with Gasteiger partial charge in [-0.3, -0.25) is 4.90 Å². The van der Waals surface area contributed by atoms with Crippen molar-refractivity contribution in [1.82, 2.24) is 10.2 Å². The number of nitrogens with zero attached hydrogens (tertiary/aromatic N) is 1. The maximum atomic E-state index is 5.99. The van der Waals surface area contributed by atoms with Crippen LogP contribution >= 0.6 is 0 Å². The summed E-state index contributed by atoms with van der Waals surface area (Å²) in [7, 11) is 0. The fourth-order valence-electron chi connectivity index (χ4n) is 1.78. The molecule has 3 nitrogen and oxygen atoms in total. The van der Waals surface area contributed by atoms with Crippen LogP contribution in [-0.4, -0.2) is 30.7 Å². The van der Waals surface area contributed by atoms with Crippen molar-refractivity contribution >= 4 is 0 Å². The third-order valence-electron chi connectivity index (χ3n) is 2.63. The van der Waals surface area contributed by atoms with Crippen molar-refractivity contribution in [1.29, 1.82) is 0 Å². The highest BCUT2D eigenvalue weighted by Crippen LogP contribution is 2.06. The molecule has 0 aromatic heterocycles. The Bertz CT molecular complexity index is 273. The first-order valence-electron chi connectivity index (χ1n) is 5.10. The van der Waals surface area contributed by atoms with Crippen LogP contribution in [0.3, 0.4) is 0 Å². The minimum absolute atomic E-state index is 0.156. The molecule has 1 aliphatic heterocycles. The molecule has 0 radical (unpaired) electrons. The van der Waals surface area contributed by atoms with E-state index < -0.39 is 0 Å². The van der Waals surface area contributed by atoms with Gasteiger partial charge < -0.3 is 11.1 Å². The van der Waals surface area contributed by atoms with Gasteiger partial charge >= 0.3 is 0 Å². The van der Waals surface area contributed by atoms with Gasteiger partial charge in [-0.05, 0) is 5.56 Å². The van der Waals surface area contributed by atoms with Crippen molar-refractivity contribution in [2.75, 3.05) is 19.6 Å². The molecule has 0 spiro atoms. The predicted octanol–water partition coefficient (Wildman–Crippen LogP) is 0.377. The molecule has 3 N–H and O–H groups in total. The lowest BCUT2D eigenvalue weighted by Gasteiger charge is -2.33. The number of rotatable bonds is 2. The summed E-state index contributed by atoms with van der Waals surface area (Å²) in [5, 5.41) is 3.28. The first-order chi connectivity index (χ1) is 6.86. The van der Waals surface area contributed by atoms with Crippen LogP contribution in [-0.2, 0) is 6.54 Å². The van der Waals surface area contributed by atoms with Gasteiger partial charge in [0.15, 0.2) is 0 Å². The zero-order chi connectivity index (χ0) is 9.80. The molecule has 1 unspecified atom stereocenters. The Balaban J connectivity index is 1.96. The van der Waals surface area contributed by atoms with Gasteiger partial charge in [-0.1, -0.05) is 30.3 Å². The summed E-state index contributed by atoms with van der Waals surface area (Å²) in [5.41, 5.74) is 7.33. The van der Waals surface area contributed by atoms with E-state index in [1.807, 2.05) is 6.07 Å². The second-order valence-electron chi connectivity index (χ2n) is 3.73. The summed E-state index contributed by atoms with van der Waals surface area (Å²) in [6.07, 6.45) is 0.156. The second kappa shape index (κ2) is 4.55. The minimum atomic E-state index is 0.156. The van der Waals surface area contributed by atoms with Gasteiger partial charge in [0, 0.05) is 26.2 Å². The minimum Gasteiger partial charge on any atom is -0.315 e. The third-order valence-corrected chi connectivity index (χ3v) is 2.63. The lowest BCUT2D eigenvalue weighted by Crippen LogP contribution is -2.55. The average molecular weight is 191 g/mol. The van der Waals surface area contributed by atoms with E-state index in [1.54, 1.807) is 0 Å². The van der Waals surface area contributed by atoms with Crippen LogP contribution < -0.4 is 11.1 Å². The third kappa shape index (κ3) is 2.32. The molecule has 1 saturated heterocycles. The Morgan fingerprint density at radius 1 is 1.36 bits per heavy atom. The standard InChI is InChI=1S/C11H17N3/c12-11-8-13-6-7-14(11)9-10-4-2-1-3-5-10/h1-5,11,13H,6-9,12H2. The van der Waals surface area contributed by atoms with Crippen molar-refractivity contribution in [3.8, 4) is 0 Å². The second-order valence-corrected chi connectivity index (χ2v) is 3.73. The van der Waals surface area contributed by atoms with Crippen LogP contribution in [0.4, 0.5) is 0 Å². The van der Waals surface area contributed by atoms with Crippen LogP contribution in [0.1, 0.15) is 5.56 Å². The monoisotopic (exact) mass is 191 g/mol. The van der Waals surface area contributed by atoms with Gasteiger partial charge in [0.25, 0.3) is 0 Å². The van der Waals surface area contributed by atoms with Crippen LogP contribution in [0.25, 0.3) is 0 Å². The van der Waals surface area contributed by atoms with Crippen LogP contribution in [0.15, 0.2) is 30.3 Å². The van der Waals surface area contributed by atoms with Crippen molar-refractivity contribution < 1.29 is 0 Å². The van der Waals surface area contributed by atoms with E-state index >= 15 is 0 Å². The molecule has 2 rings (SSSR count). The van der Waals surface area contributed by atoms with Gasteiger partial charge in [0.05, 0.1) is 6.17 Å². The fourth-order valence-corrected chi connectivity index (χ4v) is 1.78. The molecule has 1 aromatic carbocycles. The molecule has 1 aromatic rings. The van der Waals surface area contributed by atoms with E-state index in [2.05, 4.69) is 34.5 Å². The highest BCUT2D eigenvalue weighted by molar-refractivity contribution is 5.14. The molecule has 76 valence electrons. The molecule has 0 amide bonds. The van der Waals surface area contributed by atoms with E-state index in [9.17, 15) is 0 Å². The quantitative estimate of drug-likeness (QED) is 0.710. The first kappa shape index (κ1) is 9.65. The van der Waals surface area contributed by atoms with Gasteiger partial charge in [-0.25, -0.2) is 0 Å². The Morgan fingerprint density at radius 3 is 2.86 bits per heavy atom. The number of nitrogens with one attached hydrogen (secondary N) is 1. The van der Waals surface area contributed by atoms with Gasteiger partial charge in [-0.2, -0.15) is 0 Å². The average Bonchev–Trinajstić information content (AvgIpc) is 2.23. The van der Waals surface area contributed by atoms with Crippen LogP contribution in [0, 0.1) is 0 Å². The molecule has 1 fully saturated rings. The molecular formula is C11H17N3. The molecule has 3 heteroatoms. The fraction of sp³-hybridized carbons (Fsp3) is 0.455. The van der Waals surface area contributed by atoms with Crippen molar-refractivity contribution in [3.05, 3.63) is 35.9 Å². The topological polar surface area (TPSA) is 41.3 Å². The molecule has 0 saturated carbocycles. The normalized spacial score (nSPS) is 23.6. The molecular weight excluding hydrogens is 174 g/mol. The summed E-state index contributed by atoms with van der Waals surface area (Å²) in [5.74, 6) is 0. The van der Waals surface area contributed by atoms with Crippen LogP contribution in [0.2, 0.25) is 0 Å². The van der Waals surface area contributed by atoms with Gasteiger partial charge in [0.2, 0.25) is 0 Å². The maximum Gasteiger partial charge on any atom is 0.0703 e. The number of nitrogens with two attached hydrogens (primary N) is 1. The number of piperazine rings is 1. The summed E-state index contributed by atoms with van der Waals surface area (Å²) in [6, 6.07) is 10.5. The molecule has 1 atom stereocenters. The number of benzene rings is 1. The van der Waals surface area contributed by atoms with E-state index in [0.29, 0.717) is 0 Å². The predicted molar refractivity (Wildman–Crippen MR) is 57.7 cm³/mol. The van der Waals surface area contributed by atoms with Gasteiger partial charge in [-0.15, -0.1) is 0 Å². The Kier molecular flexibility index (Phi) is 3.14. The lowest BCUT2D eigenvalue weighted by molar-refractivity contribution is 0.157. The first-order valence-corrected chi connectivity index (χ1v) is 5.10. The number of hydrogen-bond donors (Lipinski definition) is 2. The summed E-state index contributed by atoms with van der Waals surface area (Å²) < 4.78 is 0. The number of hydrogen-bond acceptors (Lipinski definition) is 3. The Labute approximate surface area is 84.9 Å². The molecule has 14 heavy (non-hydrogen) atoms. The van der Waals surface area contributed by atoms with E-state index in [4.69, 9.17) is 5.73 Å². The van der Waals surface area contributed by atoms with Crippen molar-refractivity contribution in [2.45, 2.75) is 12.7 Å². The smallest absolute Gasteiger partial charge is 0.0703 e. The van der Waals surface area contributed by atoms with E-state index in [-0.39, 0.29) is 6.17 Å². The Morgan fingerprint density at radius 2 is 2.14 bits per heavy atom. The molecule has 0 aliphatic carbocycles.